The zero-order valence-corrected chi connectivity index (χ0v) is 18.0. The third kappa shape index (κ3) is 3.92. The summed E-state index contributed by atoms with van der Waals surface area (Å²) in [6.45, 7) is 9.28. The van der Waals surface area contributed by atoms with Crippen molar-refractivity contribution in [3.63, 3.8) is 0 Å². The lowest BCUT2D eigenvalue weighted by Gasteiger charge is -2.27. The molecule has 0 spiro atoms. The Bertz CT molecular complexity index is 889. The van der Waals surface area contributed by atoms with E-state index in [2.05, 4.69) is 88.4 Å². The van der Waals surface area contributed by atoms with Crippen molar-refractivity contribution in [3.8, 4) is 22.3 Å². The first-order valence-corrected chi connectivity index (χ1v) is 11.1. The average Bonchev–Trinajstić information content (AvgIpc) is 2.75. The average molecular weight is 371 g/mol. The molecule has 0 N–H and O–H groups in total. The summed E-state index contributed by atoms with van der Waals surface area (Å²) < 4.78 is 0. The zero-order valence-electron chi connectivity index (χ0n) is 18.0. The third-order valence-corrected chi connectivity index (χ3v) is 5.78. The van der Waals surface area contributed by atoms with Crippen molar-refractivity contribution in [2.45, 2.75) is 66.2 Å². The van der Waals surface area contributed by atoms with Crippen LogP contribution in [0.2, 0.25) is 0 Å². The highest BCUT2D eigenvalue weighted by Gasteiger charge is 2.23. The minimum absolute atomic E-state index is 1.08. The van der Waals surface area contributed by atoms with Crippen LogP contribution in [0.15, 0.2) is 60.7 Å². The van der Waals surface area contributed by atoms with Gasteiger partial charge < -0.3 is 0 Å². The first-order chi connectivity index (χ1) is 13.8. The fourth-order valence-corrected chi connectivity index (χ4v) is 4.71. The molecule has 0 bridgehead atoms. The Morgan fingerprint density at radius 2 is 0.893 bits per heavy atom. The van der Waals surface area contributed by atoms with Crippen molar-refractivity contribution >= 4 is 0 Å². The molecule has 0 fully saturated rings. The van der Waals surface area contributed by atoms with E-state index in [0.717, 1.165) is 19.3 Å². The highest BCUT2D eigenvalue weighted by atomic mass is 14.3. The van der Waals surface area contributed by atoms with Gasteiger partial charge in [0.25, 0.3) is 0 Å². The molecular weight excluding hydrogens is 336 g/mol. The van der Waals surface area contributed by atoms with Crippen LogP contribution in [-0.4, -0.2) is 0 Å². The first-order valence-electron chi connectivity index (χ1n) is 11.1. The van der Waals surface area contributed by atoms with Gasteiger partial charge in [-0.1, -0.05) is 101 Å². The van der Waals surface area contributed by atoms with Gasteiger partial charge >= 0.3 is 0 Å². The van der Waals surface area contributed by atoms with Crippen LogP contribution in [0.25, 0.3) is 22.3 Å². The Morgan fingerprint density at radius 3 is 1.32 bits per heavy atom. The predicted molar refractivity (Wildman–Crippen MR) is 124 cm³/mol. The monoisotopic (exact) mass is 370 g/mol. The van der Waals surface area contributed by atoms with Crippen molar-refractivity contribution in [1.29, 1.82) is 0 Å². The van der Waals surface area contributed by atoms with Crippen LogP contribution in [0.3, 0.4) is 0 Å². The van der Waals surface area contributed by atoms with E-state index in [4.69, 9.17) is 0 Å². The molecule has 0 atom stereocenters. The molecule has 0 radical (unpaired) electrons. The van der Waals surface area contributed by atoms with Gasteiger partial charge in [0.15, 0.2) is 0 Å². The third-order valence-electron chi connectivity index (χ3n) is 5.78. The van der Waals surface area contributed by atoms with Gasteiger partial charge in [-0.2, -0.15) is 0 Å². The van der Waals surface area contributed by atoms with Crippen molar-refractivity contribution < 1.29 is 0 Å². The summed E-state index contributed by atoms with van der Waals surface area (Å²) in [7, 11) is 0. The summed E-state index contributed by atoms with van der Waals surface area (Å²) in [6, 6.07) is 22.1. The van der Waals surface area contributed by atoms with Crippen molar-refractivity contribution in [1.82, 2.24) is 0 Å². The highest BCUT2D eigenvalue weighted by Crippen LogP contribution is 2.43. The molecule has 0 aliphatic carbocycles. The second-order valence-corrected chi connectivity index (χ2v) is 7.60. The van der Waals surface area contributed by atoms with E-state index < -0.39 is 0 Å². The van der Waals surface area contributed by atoms with Crippen LogP contribution in [0.4, 0.5) is 0 Å². The van der Waals surface area contributed by atoms with Crippen molar-refractivity contribution in [3.05, 3.63) is 82.9 Å². The van der Waals surface area contributed by atoms with E-state index in [-0.39, 0.29) is 0 Å². The predicted octanol–water partition coefficient (Wildman–Crippen LogP) is 8.05. The van der Waals surface area contributed by atoms with Gasteiger partial charge in [-0.25, -0.2) is 0 Å². The lowest BCUT2D eigenvalue weighted by atomic mass is 9.77. The van der Waals surface area contributed by atoms with Crippen LogP contribution in [0, 0.1) is 0 Å². The van der Waals surface area contributed by atoms with Gasteiger partial charge in [-0.3, -0.25) is 0 Å². The summed E-state index contributed by atoms with van der Waals surface area (Å²) >= 11 is 0. The molecule has 0 saturated carbocycles. The van der Waals surface area contributed by atoms with Gasteiger partial charge in [0.1, 0.15) is 0 Å². The SMILES string of the molecule is CCCc1c(CC)c(CC)c(-c2ccccc2)c(-c2ccccc2)c1CCC. The smallest absolute Gasteiger partial charge is 0.00676 e. The van der Waals surface area contributed by atoms with E-state index in [0.29, 0.717) is 0 Å². The number of hydrogen-bond donors (Lipinski definition) is 0. The van der Waals surface area contributed by atoms with Gasteiger partial charge in [0, 0.05) is 0 Å². The van der Waals surface area contributed by atoms with E-state index in [1.54, 1.807) is 22.3 Å². The van der Waals surface area contributed by atoms with Gasteiger partial charge in [0.05, 0.1) is 0 Å². The minimum Gasteiger partial charge on any atom is -0.0651 e. The molecule has 0 aromatic heterocycles. The molecule has 0 aliphatic rings. The highest BCUT2D eigenvalue weighted by molar-refractivity contribution is 5.90. The summed E-state index contributed by atoms with van der Waals surface area (Å²) in [5, 5.41) is 0. The molecule has 146 valence electrons. The van der Waals surface area contributed by atoms with Crippen LogP contribution in [-0.2, 0) is 25.7 Å². The fraction of sp³-hybridized carbons (Fsp3) is 0.357. The Balaban J connectivity index is 2.49. The molecule has 0 heterocycles. The number of hydrogen-bond acceptors (Lipinski definition) is 0. The standard InChI is InChI=1S/C28H34/c1-5-15-25-23(7-3)24(8-4)27(21-17-11-9-12-18-21)28(26(25)16-6-2)22-19-13-10-14-20-22/h9-14,17-20H,5-8,15-16H2,1-4H3. The van der Waals surface area contributed by atoms with Crippen LogP contribution < -0.4 is 0 Å². The first kappa shape index (κ1) is 20.4. The second kappa shape index (κ2) is 9.73. The van der Waals surface area contributed by atoms with Crippen LogP contribution >= 0.6 is 0 Å². The van der Waals surface area contributed by atoms with Crippen LogP contribution in [0.5, 0.6) is 0 Å². The fourth-order valence-electron chi connectivity index (χ4n) is 4.71. The van der Waals surface area contributed by atoms with E-state index in [1.165, 1.54) is 41.5 Å². The van der Waals surface area contributed by atoms with Crippen molar-refractivity contribution in [2.24, 2.45) is 0 Å². The molecule has 0 saturated heterocycles. The lowest BCUT2D eigenvalue weighted by Crippen LogP contribution is -2.09. The summed E-state index contributed by atoms with van der Waals surface area (Å²) in [5.74, 6) is 0. The van der Waals surface area contributed by atoms with Gasteiger partial charge in [-0.05, 0) is 70.2 Å². The zero-order chi connectivity index (χ0) is 19.9. The Kier molecular flexibility index (Phi) is 7.09. The van der Waals surface area contributed by atoms with Gasteiger partial charge in [0.2, 0.25) is 0 Å². The molecule has 28 heavy (non-hydrogen) atoms. The normalized spacial score (nSPS) is 11.0. The number of rotatable bonds is 8. The molecule has 3 aromatic carbocycles. The van der Waals surface area contributed by atoms with E-state index >= 15 is 0 Å². The molecule has 0 amide bonds. The molecule has 3 rings (SSSR count). The van der Waals surface area contributed by atoms with E-state index in [1.807, 2.05) is 0 Å². The van der Waals surface area contributed by atoms with Crippen molar-refractivity contribution in [2.75, 3.05) is 0 Å². The Labute approximate surface area is 171 Å². The molecule has 3 aromatic rings. The molecule has 0 nitrogen and oxygen atoms in total. The summed E-state index contributed by atoms with van der Waals surface area (Å²) in [5.41, 5.74) is 12.0. The quantitative estimate of drug-likeness (QED) is 0.376. The lowest BCUT2D eigenvalue weighted by molar-refractivity contribution is 0.839. The maximum Gasteiger partial charge on any atom is -0.00676 e. The van der Waals surface area contributed by atoms with E-state index in [9.17, 15) is 0 Å². The maximum absolute atomic E-state index is 2.33. The second-order valence-electron chi connectivity index (χ2n) is 7.60. The Hall–Kier alpha value is -2.34. The maximum atomic E-state index is 2.33. The topological polar surface area (TPSA) is 0 Å². The van der Waals surface area contributed by atoms with Crippen LogP contribution in [0.1, 0.15) is 62.8 Å². The summed E-state index contributed by atoms with van der Waals surface area (Å²) in [4.78, 5) is 0. The summed E-state index contributed by atoms with van der Waals surface area (Å²) in [6.07, 6.45) is 6.91. The molecule has 0 unspecified atom stereocenters. The minimum atomic E-state index is 1.08. The largest absolute Gasteiger partial charge is 0.0651 e. The molecule has 0 aliphatic heterocycles. The molecule has 0 heteroatoms. The van der Waals surface area contributed by atoms with Gasteiger partial charge in [-0.15, -0.1) is 0 Å². The number of benzene rings is 3. The molecular formula is C28H34. The Morgan fingerprint density at radius 1 is 0.464 bits per heavy atom.